The lowest BCUT2D eigenvalue weighted by Gasteiger charge is -2.09. The Balaban J connectivity index is 1.81. The summed E-state index contributed by atoms with van der Waals surface area (Å²) in [6.07, 6.45) is 0. The highest BCUT2D eigenvalue weighted by Gasteiger charge is 2.16. The second kappa shape index (κ2) is 8.35. The molecule has 0 bridgehead atoms. The minimum absolute atomic E-state index is 0.203. The molecular formula is C23H18O8. The number of para-hydroxylation sites is 1. The predicted octanol–water partition coefficient (Wildman–Crippen LogP) is 3.52. The average Bonchev–Trinajstić information content (AvgIpc) is 2.76. The molecule has 4 aromatic rings. The molecule has 0 unspecified atom stereocenters. The van der Waals surface area contributed by atoms with E-state index in [1.165, 1.54) is 19.2 Å². The molecule has 0 atom stereocenters. The van der Waals surface area contributed by atoms with E-state index in [0.29, 0.717) is 33.4 Å². The molecule has 0 aliphatic heterocycles. The number of esters is 1. The normalized spacial score (nSPS) is 10.9. The summed E-state index contributed by atoms with van der Waals surface area (Å²) < 4.78 is 26.2. The van der Waals surface area contributed by atoms with Gasteiger partial charge in [-0.2, -0.15) is 0 Å². The molecule has 8 nitrogen and oxygen atoms in total. The van der Waals surface area contributed by atoms with Gasteiger partial charge in [-0.25, -0.2) is 14.4 Å². The second-order valence-electron chi connectivity index (χ2n) is 6.56. The van der Waals surface area contributed by atoms with Crippen molar-refractivity contribution in [3.8, 4) is 22.6 Å². The number of ether oxygens (including phenoxy) is 3. The molecule has 0 saturated heterocycles. The Bertz CT molecular complexity index is 1400. The third-order valence-corrected chi connectivity index (χ3v) is 4.61. The zero-order valence-electron chi connectivity index (χ0n) is 16.8. The van der Waals surface area contributed by atoms with Crippen LogP contribution >= 0.6 is 0 Å². The van der Waals surface area contributed by atoms with Crippen molar-refractivity contribution in [2.75, 3.05) is 20.3 Å². The van der Waals surface area contributed by atoms with Gasteiger partial charge in [-0.1, -0.05) is 12.1 Å². The van der Waals surface area contributed by atoms with Gasteiger partial charge >= 0.3 is 17.2 Å². The third-order valence-electron chi connectivity index (χ3n) is 4.61. The lowest BCUT2D eigenvalue weighted by atomic mass is 10.0. The maximum atomic E-state index is 12.7. The van der Waals surface area contributed by atoms with Gasteiger partial charge in [0.15, 0.2) is 17.9 Å². The molecule has 31 heavy (non-hydrogen) atoms. The monoisotopic (exact) mass is 422 g/mol. The van der Waals surface area contributed by atoms with E-state index < -0.39 is 17.2 Å². The SMILES string of the molecule is CCOC(=O)COc1ccc2c(-c3cc4cccc(OC)c4oc3=O)cc(=O)oc2c1. The van der Waals surface area contributed by atoms with Crippen LogP contribution in [0.3, 0.4) is 0 Å². The quantitative estimate of drug-likeness (QED) is 0.343. The first-order valence-corrected chi connectivity index (χ1v) is 9.47. The zero-order chi connectivity index (χ0) is 22.0. The molecule has 8 heteroatoms. The summed E-state index contributed by atoms with van der Waals surface area (Å²) in [5.41, 5.74) is -0.170. The number of rotatable bonds is 6. The highest BCUT2D eigenvalue weighted by molar-refractivity contribution is 5.96. The molecule has 0 aliphatic rings. The van der Waals surface area contributed by atoms with Crippen molar-refractivity contribution < 1.29 is 27.8 Å². The average molecular weight is 422 g/mol. The molecule has 2 aromatic heterocycles. The summed E-state index contributed by atoms with van der Waals surface area (Å²) in [5.74, 6) is 0.236. The van der Waals surface area contributed by atoms with Crippen molar-refractivity contribution in [3.05, 3.63) is 69.4 Å². The van der Waals surface area contributed by atoms with Crippen molar-refractivity contribution in [3.63, 3.8) is 0 Å². The van der Waals surface area contributed by atoms with Crippen LogP contribution in [0.15, 0.2) is 67.0 Å². The molecule has 0 spiro atoms. The molecule has 0 radical (unpaired) electrons. The van der Waals surface area contributed by atoms with Crippen LogP contribution in [0.2, 0.25) is 0 Å². The van der Waals surface area contributed by atoms with Crippen LogP contribution in [-0.4, -0.2) is 26.3 Å². The zero-order valence-corrected chi connectivity index (χ0v) is 16.8. The van der Waals surface area contributed by atoms with Gasteiger partial charge in [-0.3, -0.25) is 0 Å². The summed E-state index contributed by atoms with van der Waals surface area (Å²) in [4.78, 5) is 36.4. The van der Waals surface area contributed by atoms with Crippen molar-refractivity contribution in [2.24, 2.45) is 0 Å². The van der Waals surface area contributed by atoms with Gasteiger partial charge in [0.2, 0.25) is 0 Å². The van der Waals surface area contributed by atoms with Crippen molar-refractivity contribution in [1.82, 2.24) is 0 Å². The minimum atomic E-state index is -0.643. The first kappa shape index (κ1) is 20.2. The van der Waals surface area contributed by atoms with Crippen molar-refractivity contribution >= 4 is 27.9 Å². The third kappa shape index (κ3) is 4.00. The molecule has 4 rings (SSSR count). The van der Waals surface area contributed by atoms with E-state index in [1.807, 2.05) is 0 Å². The molecule has 0 saturated carbocycles. The fraction of sp³-hybridized carbons (Fsp3) is 0.174. The highest BCUT2D eigenvalue weighted by atomic mass is 16.6. The molecular weight excluding hydrogens is 404 g/mol. The van der Waals surface area contributed by atoms with Crippen molar-refractivity contribution in [2.45, 2.75) is 6.92 Å². The fourth-order valence-electron chi connectivity index (χ4n) is 3.27. The van der Waals surface area contributed by atoms with Gasteiger partial charge in [-0.05, 0) is 31.2 Å². The molecule has 0 N–H and O–H groups in total. The van der Waals surface area contributed by atoms with Crippen LogP contribution in [0.1, 0.15) is 6.92 Å². The molecule has 2 aromatic carbocycles. The predicted molar refractivity (Wildman–Crippen MR) is 113 cm³/mol. The summed E-state index contributed by atoms with van der Waals surface area (Å²) in [6, 6.07) is 12.8. The first-order valence-electron chi connectivity index (χ1n) is 9.47. The second-order valence-corrected chi connectivity index (χ2v) is 6.56. The Hall–Kier alpha value is -4.07. The van der Waals surface area contributed by atoms with Gasteiger partial charge < -0.3 is 23.0 Å². The number of carbonyl (C=O) groups excluding carboxylic acids is 1. The highest BCUT2D eigenvalue weighted by Crippen LogP contribution is 2.31. The Kier molecular flexibility index (Phi) is 5.44. The van der Waals surface area contributed by atoms with Gasteiger partial charge in [0, 0.05) is 28.5 Å². The van der Waals surface area contributed by atoms with Crippen LogP contribution < -0.4 is 20.7 Å². The topological polar surface area (TPSA) is 105 Å². The standard InChI is InChI=1S/C23H18O8/c1-3-28-21(25)12-29-14-7-8-15-16(11-20(24)30-19(15)10-14)17-9-13-5-4-6-18(27-2)22(13)31-23(17)26/h4-11H,3,12H2,1-2H3. The van der Waals surface area contributed by atoms with Gasteiger partial charge in [0.05, 0.1) is 19.3 Å². The Labute approximate surface area is 175 Å². The Morgan fingerprint density at radius 1 is 1.00 bits per heavy atom. The Morgan fingerprint density at radius 2 is 1.84 bits per heavy atom. The van der Waals surface area contributed by atoms with Crippen LogP contribution in [0.25, 0.3) is 33.1 Å². The van der Waals surface area contributed by atoms with E-state index in [1.54, 1.807) is 43.3 Å². The fourth-order valence-corrected chi connectivity index (χ4v) is 3.27. The Morgan fingerprint density at radius 3 is 2.61 bits per heavy atom. The van der Waals surface area contributed by atoms with E-state index >= 15 is 0 Å². The number of hydrogen-bond acceptors (Lipinski definition) is 8. The lowest BCUT2D eigenvalue weighted by molar-refractivity contribution is -0.145. The number of benzene rings is 2. The van der Waals surface area contributed by atoms with Gasteiger partial charge in [-0.15, -0.1) is 0 Å². The van der Waals surface area contributed by atoms with E-state index in [0.717, 1.165) is 0 Å². The van der Waals surface area contributed by atoms with Crippen molar-refractivity contribution in [1.29, 1.82) is 0 Å². The van der Waals surface area contributed by atoms with E-state index in [-0.39, 0.29) is 24.4 Å². The van der Waals surface area contributed by atoms with Crippen LogP contribution in [0.5, 0.6) is 11.5 Å². The van der Waals surface area contributed by atoms with E-state index in [2.05, 4.69) is 0 Å². The maximum absolute atomic E-state index is 12.7. The smallest absolute Gasteiger partial charge is 0.344 e. The van der Waals surface area contributed by atoms with Crippen LogP contribution in [0, 0.1) is 0 Å². The summed E-state index contributed by atoms with van der Waals surface area (Å²) in [7, 11) is 1.49. The van der Waals surface area contributed by atoms with E-state index in [9.17, 15) is 14.4 Å². The summed E-state index contributed by atoms with van der Waals surface area (Å²) >= 11 is 0. The van der Waals surface area contributed by atoms with E-state index in [4.69, 9.17) is 23.0 Å². The summed E-state index contributed by atoms with van der Waals surface area (Å²) in [5, 5.41) is 1.15. The molecule has 0 aliphatic carbocycles. The van der Waals surface area contributed by atoms with Gasteiger partial charge in [0.25, 0.3) is 0 Å². The molecule has 0 amide bonds. The number of methoxy groups -OCH3 is 1. The number of carbonyl (C=O) groups is 1. The molecule has 158 valence electrons. The first-order chi connectivity index (χ1) is 15.0. The lowest BCUT2D eigenvalue weighted by Crippen LogP contribution is -2.14. The van der Waals surface area contributed by atoms with Crippen LogP contribution in [-0.2, 0) is 9.53 Å². The largest absolute Gasteiger partial charge is 0.493 e. The number of hydrogen-bond donors (Lipinski definition) is 0. The van der Waals surface area contributed by atoms with Crippen LogP contribution in [0.4, 0.5) is 0 Å². The summed E-state index contributed by atoms with van der Waals surface area (Å²) in [6.45, 7) is 1.67. The molecule has 2 heterocycles. The van der Waals surface area contributed by atoms with Gasteiger partial charge in [0.1, 0.15) is 11.3 Å². The maximum Gasteiger partial charge on any atom is 0.344 e. The molecule has 0 fully saturated rings. The minimum Gasteiger partial charge on any atom is -0.493 e. The number of fused-ring (bicyclic) bond motifs is 2.